The molecule has 2 rings (SSSR count). The highest BCUT2D eigenvalue weighted by molar-refractivity contribution is 5.86. The van der Waals surface area contributed by atoms with E-state index >= 15 is 0 Å². The summed E-state index contributed by atoms with van der Waals surface area (Å²) in [6.07, 6.45) is 2.54. The highest BCUT2D eigenvalue weighted by Gasteiger charge is 2.09. The van der Waals surface area contributed by atoms with E-state index < -0.39 is 5.97 Å². The molecule has 0 aliphatic carbocycles. The van der Waals surface area contributed by atoms with Gasteiger partial charge in [0.25, 0.3) is 0 Å². The van der Waals surface area contributed by atoms with Crippen LogP contribution in [0.5, 0.6) is 17.2 Å². The first-order valence-electron chi connectivity index (χ1n) is 8.45. The van der Waals surface area contributed by atoms with Crippen molar-refractivity contribution in [2.75, 3.05) is 20.3 Å². The molecule has 0 bridgehead atoms. The van der Waals surface area contributed by atoms with Crippen LogP contribution in [0, 0.1) is 0 Å². The van der Waals surface area contributed by atoms with E-state index in [2.05, 4.69) is 26.0 Å². The highest BCUT2D eigenvalue weighted by atomic mass is 16.5. The molecule has 0 aromatic heterocycles. The molecule has 0 saturated heterocycles. The van der Waals surface area contributed by atoms with Crippen molar-refractivity contribution in [1.82, 2.24) is 0 Å². The number of carbonyl (C=O) groups is 1. The van der Waals surface area contributed by atoms with E-state index in [1.165, 1.54) is 11.6 Å². The maximum absolute atomic E-state index is 10.7. The number of ether oxygens (including phenoxy) is 3. The minimum atomic E-state index is -1.02. The molecule has 0 amide bonds. The lowest BCUT2D eigenvalue weighted by Crippen LogP contribution is -2.10. The predicted molar refractivity (Wildman–Crippen MR) is 101 cm³/mol. The Morgan fingerprint density at radius 3 is 2.38 bits per heavy atom. The summed E-state index contributed by atoms with van der Waals surface area (Å²) in [6, 6.07) is 13.3. The molecule has 5 heteroatoms. The first-order valence-corrected chi connectivity index (χ1v) is 8.45. The first kappa shape index (κ1) is 19.4. The fourth-order valence-corrected chi connectivity index (χ4v) is 2.39. The molecule has 0 fully saturated rings. The number of para-hydroxylation sites is 1. The van der Waals surface area contributed by atoms with Crippen LogP contribution in [0.2, 0.25) is 0 Å². The van der Waals surface area contributed by atoms with Gasteiger partial charge in [0, 0.05) is 11.6 Å². The third-order valence-corrected chi connectivity index (χ3v) is 3.78. The zero-order chi connectivity index (χ0) is 18.9. The van der Waals surface area contributed by atoms with Crippen LogP contribution in [0.25, 0.3) is 6.08 Å². The second-order valence-electron chi connectivity index (χ2n) is 5.97. The molecule has 0 spiro atoms. The Labute approximate surface area is 153 Å². The number of carboxylic acid groups (broad SMARTS) is 1. The van der Waals surface area contributed by atoms with E-state index in [0.29, 0.717) is 36.2 Å². The van der Waals surface area contributed by atoms with Crippen LogP contribution in [-0.2, 0) is 4.79 Å². The van der Waals surface area contributed by atoms with E-state index in [0.717, 1.165) is 11.8 Å². The van der Waals surface area contributed by atoms with Gasteiger partial charge >= 0.3 is 5.97 Å². The zero-order valence-electron chi connectivity index (χ0n) is 15.3. The zero-order valence-corrected chi connectivity index (χ0v) is 15.3. The molecular weight excluding hydrogens is 332 g/mol. The van der Waals surface area contributed by atoms with Gasteiger partial charge in [0.1, 0.15) is 19.0 Å². The molecule has 26 heavy (non-hydrogen) atoms. The summed E-state index contributed by atoms with van der Waals surface area (Å²) in [5.41, 5.74) is 1.89. The number of aliphatic carboxylic acids is 1. The minimum Gasteiger partial charge on any atom is -0.493 e. The second-order valence-corrected chi connectivity index (χ2v) is 5.97. The van der Waals surface area contributed by atoms with Crippen molar-refractivity contribution in [3.63, 3.8) is 0 Å². The number of hydrogen-bond acceptors (Lipinski definition) is 4. The van der Waals surface area contributed by atoms with Crippen molar-refractivity contribution in [3.8, 4) is 17.2 Å². The molecule has 0 atom stereocenters. The molecule has 0 unspecified atom stereocenters. The maximum Gasteiger partial charge on any atom is 0.328 e. The molecule has 0 aliphatic heterocycles. The van der Waals surface area contributed by atoms with E-state index in [1.54, 1.807) is 25.3 Å². The van der Waals surface area contributed by atoms with Gasteiger partial charge in [0.15, 0.2) is 11.5 Å². The van der Waals surface area contributed by atoms with E-state index in [4.69, 9.17) is 19.3 Å². The summed E-state index contributed by atoms with van der Waals surface area (Å²) < 4.78 is 16.8. The van der Waals surface area contributed by atoms with Crippen LogP contribution >= 0.6 is 0 Å². The molecule has 0 aliphatic rings. The monoisotopic (exact) mass is 356 g/mol. The Bertz CT molecular complexity index is 747. The summed E-state index contributed by atoms with van der Waals surface area (Å²) >= 11 is 0. The van der Waals surface area contributed by atoms with E-state index in [1.807, 2.05) is 12.1 Å². The molecule has 0 radical (unpaired) electrons. The quantitative estimate of drug-likeness (QED) is 0.534. The molecule has 0 saturated carbocycles. The van der Waals surface area contributed by atoms with Gasteiger partial charge in [-0.25, -0.2) is 4.79 Å². The number of carboxylic acids is 1. The summed E-state index contributed by atoms with van der Waals surface area (Å²) in [5.74, 6) is 1.27. The fourth-order valence-electron chi connectivity index (χ4n) is 2.39. The predicted octanol–water partition coefficient (Wildman–Crippen LogP) is 4.37. The van der Waals surface area contributed by atoms with Gasteiger partial charge in [0.2, 0.25) is 0 Å². The standard InChI is InChI=1S/C21H24O5/c1-15(2)16-7-10-18(11-8-16)25-13-14-26-21-17(9-12-20(22)23)5-4-6-19(21)24-3/h4-12,15H,13-14H2,1-3H3,(H,22,23). The van der Waals surface area contributed by atoms with Crippen molar-refractivity contribution in [1.29, 1.82) is 0 Å². The molecule has 5 nitrogen and oxygen atoms in total. The van der Waals surface area contributed by atoms with Crippen molar-refractivity contribution < 1.29 is 24.1 Å². The minimum absolute atomic E-state index is 0.306. The van der Waals surface area contributed by atoms with Crippen LogP contribution in [0.4, 0.5) is 0 Å². The van der Waals surface area contributed by atoms with E-state index in [-0.39, 0.29) is 0 Å². The van der Waals surface area contributed by atoms with Crippen LogP contribution < -0.4 is 14.2 Å². The lowest BCUT2D eigenvalue weighted by molar-refractivity contribution is -0.131. The number of rotatable bonds is 9. The Kier molecular flexibility index (Phi) is 7.09. The lowest BCUT2D eigenvalue weighted by Gasteiger charge is -2.14. The van der Waals surface area contributed by atoms with Gasteiger partial charge in [-0.05, 0) is 35.8 Å². The topological polar surface area (TPSA) is 65.0 Å². The number of methoxy groups -OCH3 is 1. The van der Waals surface area contributed by atoms with Crippen LogP contribution in [0.3, 0.4) is 0 Å². The molecular formula is C21H24O5. The SMILES string of the molecule is COc1cccc(C=CC(=O)O)c1OCCOc1ccc(C(C)C)cc1. The normalized spacial score (nSPS) is 10.9. The van der Waals surface area contributed by atoms with Gasteiger partial charge in [-0.3, -0.25) is 0 Å². The fraction of sp³-hybridized carbons (Fsp3) is 0.286. The Morgan fingerprint density at radius 1 is 1.08 bits per heavy atom. The maximum atomic E-state index is 10.7. The van der Waals surface area contributed by atoms with Crippen molar-refractivity contribution in [3.05, 3.63) is 59.7 Å². The first-order chi connectivity index (χ1) is 12.5. The van der Waals surface area contributed by atoms with Gasteiger partial charge in [-0.15, -0.1) is 0 Å². The van der Waals surface area contributed by atoms with Crippen molar-refractivity contribution >= 4 is 12.0 Å². The Balaban J connectivity index is 1.97. The molecule has 138 valence electrons. The number of benzene rings is 2. The summed E-state index contributed by atoms with van der Waals surface area (Å²) in [7, 11) is 1.54. The third kappa shape index (κ3) is 5.55. The van der Waals surface area contributed by atoms with Crippen LogP contribution in [-0.4, -0.2) is 31.4 Å². The molecule has 2 aromatic rings. The summed E-state index contributed by atoms with van der Waals surface area (Å²) in [5, 5.41) is 8.81. The summed E-state index contributed by atoms with van der Waals surface area (Å²) in [6.45, 7) is 4.96. The van der Waals surface area contributed by atoms with Crippen LogP contribution in [0.15, 0.2) is 48.5 Å². The molecule has 1 N–H and O–H groups in total. The summed E-state index contributed by atoms with van der Waals surface area (Å²) in [4.78, 5) is 10.7. The smallest absolute Gasteiger partial charge is 0.328 e. The van der Waals surface area contributed by atoms with Gasteiger partial charge in [-0.2, -0.15) is 0 Å². The Hall–Kier alpha value is -2.95. The third-order valence-electron chi connectivity index (χ3n) is 3.78. The van der Waals surface area contributed by atoms with Gasteiger partial charge in [-0.1, -0.05) is 38.1 Å². The van der Waals surface area contributed by atoms with E-state index in [9.17, 15) is 4.79 Å². The molecule has 0 heterocycles. The van der Waals surface area contributed by atoms with Gasteiger partial charge in [0.05, 0.1) is 7.11 Å². The highest BCUT2D eigenvalue weighted by Crippen LogP contribution is 2.32. The second kappa shape index (κ2) is 9.51. The number of hydrogen-bond donors (Lipinski definition) is 1. The molecule has 2 aromatic carbocycles. The average Bonchev–Trinajstić information content (AvgIpc) is 2.64. The largest absolute Gasteiger partial charge is 0.493 e. The van der Waals surface area contributed by atoms with Crippen molar-refractivity contribution in [2.24, 2.45) is 0 Å². The lowest BCUT2D eigenvalue weighted by atomic mass is 10.0. The average molecular weight is 356 g/mol. The van der Waals surface area contributed by atoms with Crippen LogP contribution in [0.1, 0.15) is 30.9 Å². The Morgan fingerprint density at radius 2 is 1.77 bits per heavy atom. The van der Waals surface area contributed by atoms with Gasteiger partial charge < -0.3 is 19.3 Å². The van der Waals surface area contributed by atoms with Crippen molar-refractivity contribution in [2.45, 2.75) is 19.8 Å².